The zero-order valence-electron chi connectivity index (χ0n) is 11.8. The Morgan fingerprint density at radius 2 is 1.50 bits per heavy atom. The third-order valence-electron chi connectivity index (χ3n) is 3.24. The molecule has 0 radical (unpaired) electrons. The van der Waals surface area contributed by atoms with Crippen molar-refractivity contribution in [3.8, 4) is 0 Å². The number of hydrogen-bond acceptors (Lipinski definition) is 4. The second kappa shape index (κ2) is 12.8. The lowest BCUT2D eigenvalue weighted by Crippen LogP contribution is -2.26. The monoisotopic (exact) mass is 258 g/mol. The molecule has 1 unspecified atom stereocenters. The summed E-state index contributed by atoms with van der Waals surface area (Å²) in [7, 11) is 0. The van der Waals surface area contributed by atoms with Crippen LogP contribution in [0.5, 0.6) is 0 Å². The van der Waals surface area contributed by atoms with Gasteiger partial charge in [0.1, 0.15) is 0 Å². The minimum Gasteiger partial charge on any atom is -0.373 e. The van der Waals surface area contributed by atoms with E-state index in [0.717, 1.165) is 12.8 Å². The fraction of sp³-hybridized carbons (Fsp3) is 0.929. The van der Waals surface area contributed by atoms with Crippen LogP contribution >= 0.6 is 0 Å². The largest absolute Gasteiger partial charge is 0.373 e. The van der Waals surface area contributed by atoms with Gasteiger partial charge in [0.05, 0.1) is 6.42 Å². The van der Waals surface area contributed by atoms with Crippen molar-refractivity contribution in [1.82, 2.24) is 0 Å². The van der Waals surface area contributed by atoms with E-state index in [0.29, 0.717) is 0 Å². The van der Waals surface area contributed by atoms with Crippen molar-refractivity contribution in [2.24, 2.45) is 11.6 Å². The predicted molar refractivity (Wildman–Crippen MR) is 74.7 cm³/mol. The summed E-state index contributed by atoms with van der Waals surface area (Å²) in [6.07, 6.45) is 12.8. The first kappa shape index (κ1) is 17.4. The summed E-state index contributed by atoms with van der Waals surface area (Å²) < 4.78 is 0. The molecule has 108 valence electrons. The quantitative estimate of drug-likeness (QED) is 0.416. The molecule has 4 N–H and O–H groups in total. The van der Waals surface area contributed by atoms with E-state index in [1.54, 1.807) is 0 Å². The Morgan fingerprint density at radius 1 is 1.00 bits per heavy atom. The van der Waals surface area contributed by atoms with Crippen LogP contribution in [0.4, 0.5) is 0 Å². The molecular formula is C14H30N2O2. The Hall–Kier alpha value is -0.610. The van der Waals surface area contributed by atoms with Crippen LogP contribution in [0.15, 0.2) is 0 Å². The first-order chi connectivity index (χ1) is 8.70. The molecule has 18 heavy (non-hydrogen) atoms. The van der Waals surface area contributed by atoms with E-state index < -0.39 is 5.97 Å². The Morgan fingerprint density at radius 3 is 2.00 bits per heavy atom. The van der Waals surface area contributed by atoms with Crippen molar-refractivity contribution < 1.29 is 9.63 Å². The second-order valence-corrected chi connectivity index (χ2v) is 5.07. The summed E-state index contributed by atoms with van der Waals surface area (Å²) in [6, 6.07) is -0.106. The topological polar surface area (TPSA) is 78.3 Å². The standard InChI is InChI=1S/C14H30N2O2/c1-2-3-4-5-6-7-8-9-10-11-13(15)12-14(17)18-16/h13H,2-12,15-16H2,1H3. The molecule has 1 atom stereocenters. The zero-order valence-corrected chi connectivity index (χ0v) is 11.8. The van der Waals surface area contributed by atoms with Gasteiger partial charge in [0.25, 0.3) is 0 Å². The van der Waals surface area contributed by atoms with E-state index in [1.807, 2.05) is 0 Å². The minimum absolute atomic E-state index is 0.106. The average Bonchev–Trinajstić information content (AvgIpc) is 2.36. The molecule has 0 aromatic carbocycles. The van der Waals surface area contributed by atoms with Gasteiger partial charge >= 0.3 is 5.97 Å². The van der Waals surface area contributed by atoms with E-state index in [1.165, 1.54) is 51.4 Å². The maximum atomic E-state index is 10.9. The van der Waals surface area contributed by atoms with Crippen LogP contribution in [0.1, 0.15) is 77.6 Å². The molecule has 0 aliphatic heterocycles. The molecule has 0 saturated heterocycles. The number of rotatable bonds is 12. The number of unbranched alkanes of at least 4 members (excludes halogenated alkanes) is 8. The van der Waals surface area contributed by atoms with Crippen molar-refractivity contribution in [2.45, 2.75) is 83.6 Å². The van der Waals surface area contributed by atoms with Crippen LogP contribution in [0.3, 0.4) is 0 Å². The lowest BCUT2D eigenvalue weighted by molar-refractivity contribution is -0.144. The fourth-order valence-electron chi connectivity index (χ4n) is 2.08. The van der Waals surface area contributed by atoms with Crippen LogP contribution in [-0.4, -0.2) is 12.0 Å². The molecular weight excluding hydrogens is 228 g/mol. The van der Waals surface area contributed by atoms with Gasteiger partial charge in [-0.15, -0.1) is 0 Å². The third-order valence-corrected chi connectivity index (χ3v) is 3.24. The van der Waals surface area contributed by atoms with Gasteiger partial charge in [-0.3, -0.25) is 4.79 Å². The van der Waals surface area contributed by atoms with Gasteiger partial charge in [0.15, 0.2) is 0 Å². The first-order valence-electron chi connectivity index (χ1n) is 7.35. The van der Waals surface area contributed by atoms with Crippen LogP contribution in [0.25, 0.3) is 0 Å². The summed E-state index contributed by atoms with van der Waals surface area (Å²) in [6.45, 7) is 2.24. The first-order valence-corrected chi connectivity index (χ1v) is 7.35. The fourth-order valence-corrected chi connectivity index (χ4v) is 2.08. The molecule has 0 spiro atoms. The predicted octanol–water partition coefficient (Wildman–Crippen LogP) is 3.04. The summed E-state index contributed by atoms with van der Waals surface area (Å²) in [5.74, 6) is 4.34. The van der Waals surface area contributed by atoms with Crippen LogP contribution in [-0.2, 0) is 9.63 Å². The minimum atomic E-state index is -0.418. The Balaban J connectivity index is 3.17. The number of nitrogens with two attached hydrogens (primary N) is 2. The maximum absolute atomic E-state index is 10.9. The van der Waals surface area contributed by atoms with Crippen LogP contribution in [0, 0.1) is 0 Å². The average molecular weight is 258 g/mol. The lowest BCUT2D eigenvalue weighted by atomic mass is 10.0. The van der Waals surface area contributed by atoms with Gasteiger partial charge in [0, 0.05) is 6.04 Å². The van der Waals surface area contributed by atoms with Crippen LogP contribution < -0.4 is 11.6 Å². The third kappa shape index (κ3) is 11.9. The number of carbonyl (C=O) groups excluding carboxylic acids is 1. The summed E-state index contributed by atoms with van der Waals surface area (Å²) in [4.78, 5) is 14.9. The van der Waals surface area contributed by atoms with Gasteiger partial charge in [-0.05, 0) is 6.42 Å². The summed E-state index contributed by atoms with van der Waals surface area (Å²) in [5.41, 5.74) is 5.79. The van der Waals surface area contributed by atoms with Gasteiger partial charge in [-0.25, -0.2) is 0 Å². The smallest absolute Gasteiger partial charge is 0.325 e. The van der Waals surface area contributed by atoms with E-state index in [4.69, 9.17) is 11.6 Å². The SMILES string of the molecule is CCCCCCCCCCCC(N)CC(=O)ON. The molecule has 4 nitrogen and oxygen atoms in total. The molecule has 0 bridgehead atoms. The molecule has 0 saturated carbocycles. The van der Waals surface area contributed by atoms with Crippen molar-refractivity contribution >= 4 is 5.97 Å². The Kier molecular flexibility index (Phi) is 12.4. The van der Waals surface area contributed by atoms with E-state index >= 15 is 0 Å². The lowest BCUT2D eigenvalue weighted by Gasteiger charge is -2.09. The van der Waals surface area contributed by atoms with Gasteiger partial charge in [-0.2, -0.15) is 5.90 Å². The summed E-state index contributed by atoms with van der Waals surface area (Å²) in [5, 5.41) is 0. The van der Waals surface area contributed by atoms with Crippen LogP contribution in [0.2, 0.25) is 0 Å². The molecule has 0 amide bonds. The zero-order chi connectivity index (χ0) is 13.6. The molecule has 0 fully saturated rings. The van der Waals surface area contributed by atoms with Gasteiger partial charge in [0.2, 0.25) is 0 Å². The molecule has 4 heteroatoms. The highest BCUT2D eigenvalue weighted by Gasteiger charge is 2.09. The molecule has 0 aliphatic carbocycles. The molecule has 0 aliphatic rings. The second-order valence-electron chi connectivity index (χ2n) is 5.07. The highest BCUT2D eigenvalue weighted by Crippen LogP contribution is 2.11. The highest BCUT2D eigenvalue weighted by atomic mass is 16.7. The van der Waals surface area contributed by atoms with Crippen molar-refractivity contribution in [3.63, 3.8) is 0 Å². The Labute approximate surface area is 111 Å². The normalized spacial score (nSPS) is 12.4. The summed E-state index contributed by atoms with van der Waals surface area (Å²) >= 11 is 0. The molecule has 0 rings (SSSR count). The van der Waals surface area contributed by atoms with E-state index in [9.17, 15) is 4.79 Å². The maximum Gasteiger partial charge on any atom is 0.325 e. The molecule has 0 heterocycles. The van der Waals surface area contributed by atoms with E-state index in [2.05, 4.69) is 11.8 Å². The molecule has 0 aromatic heterocycles. The van der Waals surface area contributed by atoms with Gasteiger partial charge < -0.3 is 10.6 Å². The highest BCUT2D eigenvalue weighted by molar-refractivity contribution is 5.69. The van der Waals surface area contributed by atoms with Crippen molar-refractivity contribution in [2.75, 3.05) is 0 Å². The number of carbonyl (C=O) groups is 1. The van der Waals surface area contributed by atoms with E-state index in [-0.39, 0.29) is 12.5 Å². The van der Waals surface area contributed by atoms with Crippen molar-refractivity contribution in [1.29, 1.82) is 0 Å². The Bertz CT molecular complexity index is 198. The number of hydrogen-bond donors (Lipinski definition) is 2. The van der Waals surface area contributed by atoms with Gasteiger partial charge in [-0.1, -0.05) is 64.7 Å². The molecule has 0 aromatic rings. The van der Waals surface area contributed by atoms with Crippen molar-refractivity contribution in [3.05, 3.63) is 0 Å².